The highest BCUT2D eigenvalue weighted by molar-refractivity contribution is 8.01. The van der Waals surface area contributed by atoms with Gasteiger partial charge in [0.2, 0.25) is 9.84 Å². The van der Waals surface area contributed by atoms with Crippen LogP contribution < -0.4 is 4.74 Å². The van der Waals surface area contributed by atoms with Gasteiger partial charge in [-0.3, -0.25) is 4.79 Å². The summed E-state index contributed by atoms with van der Waals surface area (Å²) in [6.45, 7) is 1.25. The first kappa shape index (κ1) is 18.1. The van der Waals surface area contributed by atoms with Gasteiger partial charge in [-0.25, -0.2) is 8.42 Å². The SMILES string of the molecule is COc1ccc(C2=C(OC(C)=O)c3cccn3-c3ccccc3S2(=O)=O)cc1. The van der Waals surface area contributed by atoms with Crippen LogP contribution in [0.4, 0.5) is 0 Å². The molecule has 28 heavy (non-hydrogen) atoms. The second-order valence-electron chi connectivity index (χ2n) is 6.21. The van der Waals surface area contributed by atoms with E-state index in [1.807, 2.05) is 0 Å². The van der Waals surface area contributed by atoms with Crippen molar-refractivity contribution in [1.29, 1.82) is 0 Å². The number of methoxy groups -OCH3 is 1. The van der Waals surface area contributed by atoms with Crippen LogP contribution in [0.2, 0.25) is 0 Å². The molecule has 0 saturated carbocycles. The number of fused-ring (bicyclic) bond motifs is 3. The molecule has 1 aromatic heterocycles. The lowest BCUT2D eigenvalue weighted by atomic mass is 10.1. The van der Waals surface area contributed by atoms with Crippen molar-refractivity contribution in [2.45, 2.75) is 11.8 Å². The van der Waals surface area contributed by atoms with E-state index in [1.165, 1.54) is 14.0 Å². The molecule has 0 saturated heterocycles. The number of carbonyl (C=O) groups excluding carboxylic acids is 1. The number of ether oxygens (including phenoxy) is 2. The molecule has 2 heterocycles. The Hall–Kier alpha value is -3.32. The lowest BCUT2D eigenvalue weighted by Crippen LogP contribution is -2.09. The topological polar surface area (TPSA) is 74.6 Å². The Bertz CT molecular complexity index is 1200. The molecule has 2 aromatic carbocycles. The number of aromatic nitrogens is 1. The summed E-state index contributed by atoms with van der Waals surface area (Å²) in [5, 5.41) is 0. The Morgan fingerprint density at radius 1 is 0.964 bits per heavy atom. The lowest BCUT2D eigenvalue weighted by molar-refractivity contribution is -0.134. The highest BCUT2D eigenvalue weighted by Gasteiger charge is 2.35. The first-order valence-corrected chi connectivity index (χ1v) is 10.0. The van der Waals surface area contributed by atoms with Crippen molar-refractivity contribution in [1.82, 2.24) is 4.57 Å². The fraction of sp³-hybridized carbons (Fsp3) is 0.0952. The average molecular weight is 395 g/mol. The molecule has 0 bridgehead atoms. The number of benzene rings is 2. The second kappa shape index (κ2) is 6.69. The minimum Gasteiger partial charge on any atom is -0.497 e. The van der Waals surface area contributed by atoms with Gasteiger partial charge < -0.3 is 14.0 Å². The number of carbonyl (C=O) groups is 1. The van der Waals surface area contributed by atoms with Crippen LogP contribution in [0.3, 0.4) is 0 Å². The van der Waals surface area contributed by atoms with Gasteiger partial charge in [-0.15, -0.1) is 0 Å². The number of rotatable bonds is 3. The zero-order chi connectivity index (χ0) is 19.9. The summed E-state index contributed by atoms with van der Waals surface area (Å²) in [6.07, 6.45) is 1.74. The zero-order valence-electron chi connectivity index (χ0n) is 15.2. The maximum Gasteiger partial charge on any atom is 0.308 e. The molecule has 0 amide bonds. The number of hydrogen-bond acceptors (Lipinski definition) is 5. The van der Waals surface area contributed by atoms with Crippen LogP contribution in [0.25, 0.3) is 16.4 Å². The van der Waals surface area contributed by atoms with E-state index in [4.69, 9.17) is 9.47 Å². The van der Waals surface area contributed by atoms with Gasteiger partial charge in [0.1, 0.15) is 10.7 Å². The predicted molar refractivity (Wildman–Crippen MR) is 105 cm³/mol. The molecular formula is C21H17NO5S. The van der Waals surface area contributed by atoms with Crippen molar-refractivity contribution in [3.63, 3.8) is 0 Å². The molecule has 0 unspecified atom stereocenters. The van der Waals surface area contributed by atoms with E-state index in [0.29, 0.717) is 22.7 Å². The van der Waals surface area contributed by atoms with Crippen LogP contribution in [0.5, 0.6) is 5.75 Å². The van der Waals surface area contributed by atoms with E-state index < -0.39 is 15.8 Å². The minimum atomic E-state index is -3.98. The maximum atomic E-state index is 13.6. The van der Waals surface area contributed by atoms with Gasteiger partial charge in [-0.2, -0.15) is 0 Å². The Morgan fingerprint density at radius 3 is 2.36 bits per heavy atom. The summed E-state index contributed by atoms with van der Waals surface area (Å²) < 4.78 is 39.6. The Morgan fingerprint density at radius 2 is 1.68 bits per heavy atom. The molecule has 0 aliphatic carbocycles. The molecular weight excluding hydrogens is 378 g/mol. The summed E-state index contributed by atoms with van der Waals surface area (Å²) in [4.78, 5) is 11.9. The van der Waals surface area contributed by atoms with E-state index >= 15 is 0 Å². The van der Waals surface area contributed by atoms with Crippen molar-refractivity contribution in [3.05, 3.63) is 78.1 Å². The number of hydrogen-bond donors (Lipinski definition) is 0. The minimum absolute atomic E-state index is 0.00105. The first-order chi connectivity index (χ1) is 13.4. The molecule has 0 spiro atoms. The van der Waals surface area contributed by atoms with Crippen molar-refractivity contribution < 1.29 is 22.7 Å². The molecule has 1 aliphatic heterocycles. The molecule has 0 atom stereocenters. The molecule has 1 aliphatic rings. The molecule has 7 heteroatoms. The fourth-order valence-electron chi connectivity index (χ4n) is 3.28. The number of nitrogens with zero attached hydrogens (tertiary/aromatic N) is 1. The van der Waals surface area contributed by atoms with Gasteiger partial charge in [0.05, 0.1) is 23.4 Å². The largest absolute Gasteiger partial charge is 0.497 e. The van der Waals surface area contributed by atoms with Crippen LogP contribution in [0.1, 0.15) is 18.2 Å². The van der Waals surface area contributed by atoms with Gasteiger partial charge in [-0.1, -0.05) is 12.1 Å². The van der Waals surface area contributed by atoms with Crippen LogP contribution in [-0.2, 0) is 19.4 Å². The molecule has 142 valence electrons. The highest BCUT2D eigenvalue weighted by atomic mass is 32.2. The van der Waals surface area contributed by atoms with Crippen LogP contribution in [0.15, 0.2) is 71.8 Å². The van der Waals surface area contributed by atoms with Crippen LogP contribution in [0, 0.1) is 0 Å². The van der Waals surface area contributed by atoms with Gasteiger partial charge in [0.15, 0.2) is 5.76 Å². The van der Waals surface area contributed by atoms with E-state index in [0.717, 1.165) is 0 Å². The fourth-order valence-corrected chi connectivity index (χ4v) is 5.03. The molecule has 3 aromatic rings. The summed E-state index contributed by atoms with van der Waals surface area (Å²) in [7, 11) is -2.45. The van der Waals surface area contributed by atoms with E-state index in [9.17, 15) is 13.2 Å². The third-order valence-corrected chi connectivity index (χ3v) is 6.35. The van der Waals surface area contributed by atoms with E-state index in [1.54, 1.807) is 71.4 Å². The lowest BCUT2D eigenvalue weighted by Gasteiger charge is -2.13. The zero-order valence-corrected chi connectivity index (χ0v) is 16.1. The van der Waals surface area contributed by atoms with Gasteiger partial charge >= 0.3 is 5.97 Å². The average Bonchev–Trinajstić information content (AvgIpc) is 3.14. The first-order valence-electron chi connectivity index (χ1n) is 8.53. The maximum absolute atomic E-state index is 13.6. The van der Waals surface area contributed by atoms with Crippen LogP contribution >= 0.6 is 0 Å². The van der Waals surface area contributed by atoms with E-state index in [-0.39, 0.29) is 15.6 Å². The summed E-state index contributed by atoms with van der Waals surface area (Å²) >= 11 is 0. The Kier molecular flexibility index (Phi) is 4.31. The normalized spacial score (nSPS) is 14.6. The number of esters is 1. The second-order valence-corrected chi connectivity index (χ2v) is 8.07. The molecule has 0 N–H and O–H groups in total. The molecule has 6 nitrogen and oxygen atoms in total. The standard InChI is InChI=1S/C21H17NO5S/c1-14(23)27-20-18-7-5-13-22(18)17-6-3-4-8-19(17)28(24,25)21(20)15-9-11-16(26-2)12-10-15/h3-13H,1-2H3. The monoisotopic (exact) mass is 395 g/mol. The van der Waals surface area contributed by atoms with Gasteiger partial charge in [0, 0.05) is 13.1 Å². The predicted octanol–water partition coefficient (Wildman–Crippen LogP) is 3.66. The Balaban J connectivity index is 2.12. The van der Waals surface area contributed by atoms with E-state index in [2.05, 4.69) is 0 Å². The number of sulfone groups is 1. The highest BCUT2D eigenvalue weighted by Crippen LogP contribution is 2.42. The smallest absolute Gasteiger partial charge is 0.308 e. The third-order valence-electron chi connectivity index (χ3n) is 4.47. The number of para-hydroxylation sites is 1. The third kappa shape index (κ3) is 2.80. The van der Waals surface area contributed by atoms with Crippen molar-refractivity contribution in [2.75, 3.05) is 7.11 Å². The van der Waals surface area contributed by atoms with Gasteiger partial charge in [0.25, 0.3) is 0 Å². The van der Waals surface area contributed by atoms with Crippen molar-refractivity contribution in [2.24, 2.45) is 0 Å². The van der Waals surface area contributed by atoms with Crippen LogP contribution in [-0.4, -0.2) is 26.1 Å². The summed E-state index contributed by atoms with van der Waals surface area (Å²) in [5.74, 6) is -0.0121. The Labute approximate surface area is 162 Å². The summed E-state index contributed by atoms with van der Waals surface area (Å²) in [5.41, 5.74) is 1.38. The molecule has 4 rings (SSSR count). The van der Waals surface area contributed by atoms with Crippen molar-refractivity contribution in [3.8, 4) is 11.4 Å². The summed E-state index contributed by atoms with van der Waals surface area (Å²) in [6, 6.07) is 16.8. The van der Waals surface area contributed by atoms with Gasteiger partial charge in [-0.05, 0) is 54.1 Å². The molecule has 0 fully saturated rings. The quantitative estimate of drug-likeness (QED) is 0.633. The van der Waals surface area contributed by atoms with Crippen molar-refractivity contribution >= 4 is 26.5 Å². The molecule has 0 radical (unpaired) electrons.